The van der Waals surface area contributed by atoms with Gasteiger partial charge in [-0.2, -0.15) is 0 Å². The number of hydrogen-bond donors (Lipinski definition) is 2. The molecule has 1 rings (SSSR count). The van der Waals surface area contributed by atoms with Crippen molar-refractivity contribution in [3.8, 4) is 0 Å². The van der Waals surface area contributed by atoms with Crippen LogP contribution in [0.5, 0.6) is 0 Å². The summed E-state index contributed by atoms with van der Waals surface area (Å²) in [6, 6.07) is 0. The Labute approximate surface area is 96.8 Å². The summed E-state index contributed by atoms with van der Waals surface area (Å²) >= 11 is 4.79. The van der Waals surface area contributed by atoms with Crippen LogP contribution in [0.4, 0.5) is 0 Å². The largest absolute Gasteiger partial charge is 0.393 e. The van der Waals surface area contributed by atoms with E-state index in [4.69, 9.17) is 18.0 Å². The lowest BCUT2D eigenvalue weighted by Crippen LogP contribution is -2.40. The predicted octanol–water partition coefficient (Wildman–Crippen LogP) is 1.61. The van der Waals surface area contributed by atoms with Gasteiger partial charge >= 0.3 is 0 Å². The van der Waals surface area contributed by atoms with Crippen LogP contribution in [0.25, 0.3) is 0 Å². The van der Waals surface area contributed by atoms with Crippen LogP contribution in [0.3, 0.4) is 0 Å². The molecule has 0 aromatic rings. The van der Waals surface area contributed by atoms with Crippen LogP contribution in [0.2, 0.25) is 0 Å². The van der Waals surface area contributed by atoms with Crippen molar-refractivity contribution >= 4 is 23.1 Å². The molecule has 1 atom stereocenters. The van der Waals surface area contributed by atoms with Gasteiger partial charge in [0.1, 0.15) is 0 Å². The SMILES string of the molecule is CC(C(=O)NCC1(C)CCCC1)C(N)=S. The van der Waals surface area contributed by atoms with Crippen molar-refractivity contribution in [3.05, 3.63) is 0 Å². The molecule has 1 aliphatic rings. The van der Waals surface area contributed by atoms with Crippen molar-refractivity contribution in [1.29, 1.82) is 0 Å². The summed E-state index contributed by atoms with van der Waals surface area (Å²) in [6.45, 7) is 4.72. The molecule has 3 nitrogen and oxygen atoms in total. The van der Waals surface area contributed by atoms with Crippen LogP contribution in [0.15, 0.2) is 0 Å². The van der Waals surface area contributed by atoms with Gasteiger partial charge in [-0.3, -0.25) is 4.79 Å². The summed E-state index contributed by atoms with van der Waals surface area (Å²) in [6.07, 6.45) is 4.96. The molecule has 1 saturated carbocycles. The maximum atomic E-state index is 11.6. The minimum Gasteiger partial charge on any atom is -0.393 e. The Kier molecular flexibility index (Phi) is 4.08. The van der Waals surface area contributed by atoms with Gasteiger partial charge in [0.05, 0.1) is 10.9 Å². The Morgan fingerprint density at radius 2 is 2.07 bits per heavy atom. The third-order valence-electron chi connectivity index (χ3n) is 3.32. The standard InChI is InChI=1S/C11H20N2OS/c1-8(9(12)15)10(14)13-7-11(2)5-3-4-6-11/h8H,3-7H2,1-2H3,(H2,12,15)(H,13,14). The van der Waals surface area contributed by atoms with E-state index in [1.165, 1.54) is 25.7 Å². The molecular weight excluding hydrogens is 208 g/mol. The van der Waals surface area contributed by atoms with Crippen molar-refractivity contribution in [2.24, 2.45) is 17.1 Å². The molecule has 1 unspecified atom stereocenters. The second-order valence-electron chi connectivity index (χ2n) is 4.86. The smallest absolute Gasteiger partial charge is 0.229 e. The molecule has 86 valence electrons. The molecule has 4 heteroatoms. The Hall–Kier alpha value is -0.640. The van der Waals surface area contributed by atoms with Crippen molar-refractivity contribution in [3.63, 3.8) is 0 Å². The summed E-state index contributed by atoms with van der Waals surface area (Å²) in [4.78, 5) is 11.9. The molecule has 0 bridgehead atoms. The van der Waals surface area contributed by atoms with Crippen LogP contribution in [-0.2, 0) is 4.79 Å². The molecule has 15 heavy (non-hydrogen) atoms. The third kappa shape index (κ3) is 3.45. The minimum absolute atomic E-state index is 0.0457. The molecule has 0 spiro atoms. The zero-order valence-corrected chi connectivity index (χ0v) is 10.3. The van der Waals surface area contributed by atoms with Crippen LogP contribution >= 0.6 is 12.2 Å². The first-order valence-corrected chi connectivity index (χ1v) is 5.92. The molecule has 0 heterocycles. The molecule has 0 saturated heterocycles. The summed E-state index contributed by atoms with van der Waals surface area (Å²) in [5.41, 5.74) is 5.71. The Balaban J connectivity index is 2.36. The van der Waals surface area contributed by atoms with Gasteiger partial charge in [-0.1, -0.05) is 32.0 Å². The number of carbonyl (C=O) groups is 1. The van der Waals surface area contributed by atoms with Crippen LogP contribution in [-0.4, -0.2) is 17.4 Å². The number of carbonyl (C=O) groups excluding carboxylic acids is 1. The second kappa shape index (κ2) is 4.92. The molecule has 0 aromatic carbocycles. The van der Waals surface area contributed by atoms with Gasteiger partial charge in [-0.05, 0) is 25.2 Å². The topological polar surface area (TPSA) is 55.1 Å². The first kappa shape index (κ1) is 12.4. The highest BCUT2D eigenvalue weighted by molar-refractivity contribution is 7.80. The van der Waals surface area contributed by atoms with Crippen LogP contribution < -0.4 is 11.1 Å². The van der Waals surface area contributed by atoms with E-state index in [1.54, 1.807) is 6.92 Å². The Morgan fingerprint density at radius 3 is 2.53 bits per heavy atom. The highest BCUT2D eigenvalue weighted by Gasteiger charge is 2.29. The number of thiocarbonyl (C=S) groups is 1. The lowest BCUT2D eigenvalue weighted by atomic mass is 9.89. The molecule has 0 aliphatic heterocycles. The van der Waals surface area contributed by atoms with Crippen LogP contribution in [0, 0.1) is 11.3 Å². The van der Waals surface area contributed by atoms with E-state index in [2.05, 4.69) is 12.2 Å². The van der Waals surface area contributed by atoms with E-state index in [0.717, 1.165) is 6.54 Å². The van der Waals surface area contributed by atoms with Gasteiger partial charge in [-0.25, -0.2) is 0 Å². The van der Waals surface area contributed by atoms with E-state index in [1.807, 2.05) is 0 Å². The average Bonchev–Trinajstić information content (AvgIpc) is 2.61. The fourth-order valence-electron chi connectivity index (χ4n) is 1.99. The van der Waals surface area contributed by atoms with E-state index >= 15 is 0 Å². The quantitative estimate of drug-likeness (QED) is 0.719. The molecule has 1 aliphatic carbocycles. The first-order valence-electron chi connectivity index (χ1n) is 5.52. The highest BCUT2D eigenvalue weighted by atomic mass is 32.1. The average molecular weight is 228 g/mol. The molecule has 1 amide bonds. The van der Waals surface area contributed by atoms with Gasteiger partial charge in [0.25, 0.3) is 0 Å². The maximum Gasteiger partial charge on any atom is 0.229 e. The molecule has 1 fully saturated rings. The first-order chi connectivity index (χ1) is 6.94. The number of rotatable bonds is 4. The molecule has 0 radical (unpaired) electrons. The molecular formula is C11H20N2OS. The van der Waals surface area contributed by atoms with Gasteiger partial charge in [0.15, 0.2) is 0 Å². The number of hydrogen-bond acceptors (Lipinski definition) is 2. The third-order valence-corrected chi connectivity index (χ3v) is 3.67. The Morgan fingerprint density at radius 1 is 1.53 bits per heavy atom. The highest BCUT2D eigenvalue weighted by Crippen LogP contribution is 2.36. The predicted molar refractivity (Wildman–Crippen MR) is 65.5 cm³/mol. The van der Waals surface area contributed by atoms with Crippen molar-refractivity contribution < 1.29 is 4.79 Å². The fourth-order valence-corrected chi connectivity index (χ4v) is 2.10. The lowest BCUT2D eigenvalue weighted by Gasteiger charge is -2.24. The maximum absolute atomic E-state index is 11.6. The lowest BCUT2D eigenvalue weighted by molar-refractivity contribution is -0.123. The second-order valence-corrected chi connectivity index (χ2v) is 5.33. The monoisotopic (exact) mass is 228 g/mol. The summed E-state index contributed by atoms with van der Waals surface area (Å²) < 4.78 is 0. The van der Waals surface area contributed by atoms with Crippen molar-refractivity contribution in [1.82, 2.24) is 5.32 Å². The molecule has 3 N–H and O–H groups in total. The zero-order valence-electron chi connectivity index (χ0n) is 9.51. The van der Waals surface area contributed by atoms with Gasteiger partial charge in [0.2, 0.25) is 5.91 Å². The van der Waals surface area contributed by atoms with E-state index in [0.29, 0.717) is 0 Å². The minimum atomic E-state index is -0.356. The Bertz CT molecular complexity index is 259. The van der Waals surface area contributed by atoms with Gasteiger partial charge < -0.3 is 11.1 Å². The zero-order chi connectivity index (χ0) is 11.5. The van der Waals surface area contributed by atoms with E-state index in [9.17, 15) is 4.79 Å². The number of nitrogens with one attached hydrogen (secondary N) is 1. The van der Waals surface area contributed by atoms with Crippen molar-refractivity contribution in [2.75, 3.05) is 6.54 Å². The number of nitrogens with two attached hydrogens (primary N) is 1. The van der Waals surface area contributed by atoms with Crippen molar-refractivity contribution in [2.45, 2.75) is 39.5 Å². The number of amides is 1. The summed E-state index contributed by atoms with van der Waals surface area (Å²) in [7, 11) is 0. The fraction of sp³-hybridized carbons (Fsp3) is 0.818. The normalized spacial score (nSPS) is 20.9. The summed E-state index contributed by atoms with van der Waals surface area (Å²) in [5, 5.41) is 2.94. The molecule has 0 aromatic heterocycles. The van der Waals surface area contributed by atoms with E-state index in [-0.39, 0.29) is 22.2 Å². The van der Waals surface area contributed by atoms with Gasteiger partial charge in [-0.15, -0.1) is 0 Å². The van der Waals surface area contributed by atoms with E-state index < -0.39 is 0 Å². The van der Waals surface area contributed by atoms with Crippen LogP contribution in [0.1, 0.15) is 39.5 Å². The summed E-state index contributed by atoms with van der Waals surface area (Å²) in [5.74, 6) is -0.402. The van der Waals surface area contributed by atoms with Gasteiger partial charge in [0, 0.05) is 6.54 Å².